The summed E-state index contributed by atoms with van der Waals surface area (Å²) in [5.41, 5.74) is 2.23. The van der Waals surface area contributed by atoms with Crippen LogP contribution in [-0.4, -0.2) is 22.7 Å². The lowest BCUT2D eigenvalue weighted by Gasteiger charge is -2.00. The molecule has 2 aromatic rings. The molecule has 1 aliphatic heterocycles. The van der Waals surface area contributed by atoms with Crippen LogP contribution in [-0.2, 0) is 17.6 Å². The van der Waals surface area contributed by atoms with Gasteiger partial charge in [0.05, 0.1) is 13.0 Å². The number of carboxylic acid groups (broad SMARTS) is 1. The predicted molar refractivity (Wildman–Crippen MR) is 68.1 cm³/mol. The monoisotopic (exact) mass is 261 g/mol. The van der Waals surface area contributed by atoms with Gasteiger partial charge in [-0.1, -0.05) is 0 Å². The molecule has 5 heteroatoms. The van der Waals surface area contributed by atoms with Crippen LogP contribution < -0.4 is 4.74 Å². The molecule has 0 aliphatic carbocycles. The van der Waals surface area contributed by atoms with Gasteiger partial charge in [-0.2, -0.15) is 0 Å². The highest BCUT2D eigenvalue weighted by Crippen LogP contribution is 2.32. The van der Waals surface area contributed by atoms with Gasteiger partial charge in [0, 0.05) is 23.1 Å². The standard InChI is InChI=1S/C13H11NO3S/c15-12(16)6-10-7-14-13(18-10)9-1-2-11-8(5-9)3-4-17-11/h1-2,5,7H,3-4,6H2,(H,15,16). The maximum absolute atomic E-state index is 10.6. The molecule has 0 saturated carbocycles. The summed E-state index contributed by atoms with van der Waals surface area (Å²) in [6.45, 7) is 0.737. The number of carboxylic acids is 1. The van der Waals surface area contributed by atoms with Gasteiger partial charge in [-0.05, 0) is 23.8 Å². The molecule has 92 valence electrons. The molecular weight excluding hydrogens is 250 g/mol. The van der Waals surface area contributed by atoms with E-state index in [1.165, 1.54) is 16.9 Å². The lowest BCUT2D eigenvalue weighted by atomic mass is 10.1. The van der Waals surface area contributed by atoms with E-state index in [2.05, 4.69) is 11.1 Å². The number of fused-ring (bicyclic) bond motifs is 1. The van der Waals surface area contributed by atoms with Crippen LogP contribution in [0.1, 0.15) is 10.4 Å². The summed E-state index contributed by atoms with van der Waals surface area (Å²) in [7, 11) is 0. The molecule has 1 aliphatic rings. The van der Waals surface area contributed by atoms with Gasteiger partial charge in [-0.15, -0.1) is 11.3 Å². The van der Waals surface area contributed by atoms with Crippen molar-refractivity contribution in [2.24, 2.45) is 0 Å². The van der Waals surface area contributed by atoms with Crippen molar-refractivity contribution in [3.63, 3.8) is 0 Å². The highest BCUT2D eigenvalue weighted by atomic mass is 32.1. The topological polar surface area (TPSA) is 59.4 Å². The van der Waals surface area contributed by atoms with Gasteiger partial charge in [-0.3, -0.25) is 4.79 Å². The maximum Gasteiger partial charge on any atom is 0.308 e. The first kappa shape index (κ1) is 11.2. The van der Waals surface area contributed by atoms with Crippen LogP contribution in [0.2, 0.25) is 0 Å². The van der Waals surface area contributed by atoms with Crippen LogP contribution in [0.3, 0.4) is 0 Å². The summed E-state index contributed by atoms with van der Waals surface area (Å²) in [6.07, 6.45) is 2.60. The summed E-state index contributed by atoms with van der Waals surface area (Å²) in [5, 5.41) is 9.60. The normalized spacial score (nSPS) is 13.1. The fourth-order valence-electron chi connectivity index (χ4n) is 1.99. The third-order valence-electron chi connectivity index (χ3n) is 2.82. The zero-order valence-electron chi connectivity index (χ0n) is 9.55. The molecule has 0 unspecified atom stereocenters. The minimum Gasteiger partial charge on any atom is -0.493 e. The van der Waals surface area contributed by atoms with Crippen LogP contribution in [0.15, 0.2) is 24.4 Å². The lowest BCUT2D eigenvalue weighted by Crippen LogP contribution is -1.97. The highest BCUT2D eigenvalue weighted by molar-refractivity contribution is 7.15. The number of hydrogen-bond acceptors (Lipinski definition) is 4. The van der Waals surface area contributed by atoms with Gasteiger partial charge in [-0.25, -0.2) is 4.98 Å². The van der Waals surface area contributed by atoms with E-state index in [1.54, 1.807) is 6.20 Å². The van der Waals surface area contributed by atoms with Gasteiger partial charge in [0.15, 0.2) is 0 Å². The first-order valence-corrected chi connectivity index (χ1v) is 6.46. The lowest BCUT2D eigenvalue weighted by molar-refractivity contribution is -0.136. The number of thiazole rings is 1. The molecular formula is C13H11NO3S. The van der Waals surface area contributed by atoms with Gasteiger partial charge >= 0.3 is 5.97 Å². The first-order valence-electron chi connectivity index (χ1n) is 5.65. The quantitative estimate of drug-likeness (QED) is 0.921. The van der Waals surface area contributed by atoms with E-state index in [0.29, 0.717) is 0 Å². The molecule has 0 saturated heterocycles. The zero-order chi connectivity index (χ0) is 12.5. The van der Waals surface area contributed by atoms with Crippen molar-refractivity contribution < 1.29 is 14.6 Å². The smallest absolute Gasteiger partial charge is 0.308 e. The Kier molecular flexibility index (Phi) is 2.76. The van der Waals surface area contributed by atoms with E-state index in [4.69, 9.17) is 9.84 Å². The van der Waals surface area contributed by atoms with E-state index >= 15 is 0 Å². The summed E-state index contributed by atoms with van der Waals surface area (Å²) in [4.78, 5) is 15.7. The first-order chi connectivity index (χ1) is 8.72. The third-order valence-corrected chi connectivity index (χ3v) is 3.86. The predicted octanol–water partition coefficient (Wildman–Crippen LogP) is 2.37. The summed E-state index contributed by atoms with van der Waals surface area (Å²) in [6, 6.07) is 6.00. The molecule has 3 rings (SSSR count). The van der Waals surface area contributed by atoms with Crippen molar-refractivity contribution in [2.45, 2.75) is 12.8 Å². The van der Waals surface area contributed by atoms with Gasteiger partial charge in [0.1, 0.15) is 10.8 Å². The molecule has 0 bridgehead atoms. The number of hydrogen-bond donors (Lipinski definition) is 1. The second kappa shape index (κ2) is 4.42. The van der Waals surface area contributed by atoms with Crippen molar-refractivity contribution in [3.8, 4) is 16.3 Å². The molecule has 0 atom stereocenters. The van der Waals surface area contributed by atoms with Gasteiger partial charge < -0.3 is 9.84 Å². The summed E-state index contributed by atoms with van der Waals surface area (Å²) in [5.74, 6) is 0.119. The van der Waals surface area contributed by atoms with Gasteiger partial charge in [0.2, 0.25) is 0 Å². The molecule has 1 aromatic heterocycles. The van der Waals surface area contributed by atoms with Crippen LogP contribution in [0.5, 0.6) is 5.75 Å². The minimum absolute atomic E-state index is 0.0335. The van der Waals surface area contributed by atoms with Crippen LogP contribution >= 0.6 is 11.3 Å². The molecule has 4 nitrogen and oxygen atoms in total. The average molecular weight is 261 g/mol. The Morgan fingerprint density at radius 1 is 1.50 bits per heavy atom. The number of ether oxygens (including phenoxy) is 1. The number of aromatic nitrogens is 1. The Labute approximate surface area is 108 Å². The van der Waals surface area contributed by atoms with Gasteiger partial charge in [0.25, 0.3) is 0 Å². The fraction of sp³-hybridized carbons (Fsp3) is 0.231. The van der Waals surface area contributed by atoms with Crippen molar-refractivity contribution in [2.75, 3.05) is 6.61 Å². The number of carbonyl (C=O) groups is 1. The Morgan fingerprint density at radius 2 is 2.39 bits per heavy atom. The van der Waals surface area contributed by atoms with Crippen LogP contribution in [0.25, 0.3) is 10.6 Å². The van der Waals surface area contributed by atoms with Crippen molar-refractivity contribution in [1.82, 2.24) is 4.98 Å². The maximum atomic E-state index is 10.6. The molecule has 0 amide bonds. The Bertz CT molecular complexity index is 606. The fourth-order valence-corrected chi connectivity index (χ4v) is 2.89. The Morgan fingerprint density at radius 3 is 3.22 bits per heavy atom. The summed E-state index contributed by atoms with van der Waals surface area (Å²) >= 11 is 1.43. The molecule has 1 N–H and O–H groups in total. The number of benzene rings is 1. The Hall–Kier alpha value is -1.88. The minimum atomic E-state index is -0.826. The average Bonchev–Trinajstić information content (AvgIpc) is 2.95. The van der Waals surface area contributed by atoms with Crippen LogP contribution in [0, 0.1) is 0 Å². The van der Waals surface area contributed by atoms with Crippen molar-refractivity contribution in [1.29, 1.82) is 0 Å². The van der Waals surface area contributed by atoms with E-state index in [-0.39, 0.29) is 6.42 Å². The second-order valence-electron chi connectivity index (χ2n) is 4.12. The van der Waals surface area contributed by atoms with E-state index in [1.807, 2.05) is 12.1 Å². The molecule has 1 aromatic carbocycles. The molecule has 0 radical (unpaired) electrons. The van der Waals surface area contributed by atoms with E-state index in [9.17, 15) is 4.79 Å². The number of rotatable bonds is 3. The van der Waals surface area contributed by atoms with E-state index in [0.717, 1.165) is 34.2 Å². The van der Waals surface area contributed by atoms with Crippen molar-refractivity contribution in [3.05, 3.63) is 34.8 Å². The largest absolute Gasteiger partial charge is 0.493 e. The molecule has 18 heavy (non-hydrogen) atoms. The molecule has 0 fully saturated rings. The van der Waals surface area contributed by atoms with Crippen LogP contribution in [0.4, 0.5) is 0 Å². The third kappa shape index (κ3) is 2.09. The number of nitrogens with zero attached hydrogens (tertiary/aromatic N) is 1. The highest BCUT2D eigenvalue weighted by Gasteiger charge is 2.14. The molecule has 2 heterocycles. The Balaban J connectivity index is 1.90. The number of aliphatic carboxylic acids is 1. The van der Waals surface area contributed by atoms with E-state index < -0.39 is 5.97 Å². The zero-order valence-corrected chi connectivity index (χ0v) is 10.4. The second-order valence-corrected chi connectivity index (χ2v) is 5.24. The summed E-state index contributed by atoms with van der Waals surface area (Å²) < 4.78 is 5.45. The van der Waals surface area contributed by atoms with Crippen molar-refractivity contribution >= 4 is 17.3 Å². The molecule has 0 spiro atoms. The SMILES string of the molecule is O=C(O)Cc1cnc(-c2ccc3c(c2)CCO3)s1.